The zero-order chi connectivity index (χ0) is 26.1. The Morgan fingerprint density at radius 3 is 1.22 bits per heavy atom. The van der Waals surface area contributed by atoms with Crippen LogP contribution >= 0.6 is 0 Å². The van der Waals surface area contributed by atoms with Crippen LogP contribution in [0.25, 0.3) is 0 Å². The molecule has 0 bridgehead atoms. The molecule has 8 heteroatoms. The number of carbonyl (C=O) groups excluding carboxylic acids is 2. The van der Waals surface area contributed by atoms with Crippen molar-refractivity contribution in [3.05, 3.63) is 74.2 Å². The molecule has 0 aliphatic rings. The number of rotatable bonds is 16. The molecule has 0 spiro atoms. The average Bonchev–Trinajstić information content (AvgIpc) is 2.73. The van der Waals surface area contributed by atoms with E-state index in [2.05, 4.69) is 50.1 Å². The third-order valence-electron chi connectivity index (χ3n) is 2.93. The van der Waals surface area contributed by atoms with Crippen LogP contribution in [0.5, 0.6) is 0 Å². The van der Waals surface area contributed by atoms with Gasteiger partial charge in [-0.1, -0.05) is 68.2 Å². The maximum absolute atomic E-state index is 11.0. The quantitative estimate of drug-likeness (QED) is 0.0721. The minimum atomic E-state index is -0.483. The van der Waals surface area contributed by atoms with Crippen LogP contribution in [0.2, 0.25) is 0 Å². The number of nitrogens with one attached hydrogen (secondary N) is 2. The van der Waals surface area contributed by atoms with Crippen LogP contribution in [0.4, 0.5) is 0 Å². The van der Waals surface area contributed by atoms with Gasteiger partial charge < -0.3 is 29.6 Å². The van der Waals surface area contributed by atoms with Crippen LogP contribution in [0.1, 0.15) is 70.2 Å². The fraction of sp³-hybridized carbons (Fsp3) is 0.517. The van der Waals surface area contributed by atoms with E-state index < -0.39 is 11.9 Å². The van der Waals surface area contributed by atoms with Crippen molar-refractivity contribution in [2.24, 2.45) is 0 Å². The molecule has 220 valence electrons. The van der Waals surface area contributed by atoms with Crippen LogP contribution in [0.15, 0.2) is 74.2 Å². The molecule has 0 heterocycles. The highest BCUT2D eigenvalue weighted by Crippen LogP contribution is 1.94. The highest BCUT2D eigenvalue weighted by atomic mass is 16.7. The summed E-state index contributed by atoms with van der Waals surface area (Å²) in [7, 11) is 0. The molecule has 0 aromatic rings. The van der Waals surface area contributed by atoms with Gasteiger partial charge in [0.05, 0.1) is 19.9 Å². The van der Waals surface area contributed by atoms with E-state index >= 15 is 0 Å². The second kappa shape index (κ2) is 37.4. The zero-order valence-corrected chi connectivity index (χ0v) is 20.8. The van der Waals surface area contributed by atoms with E-state index in [1.54, 1.807) is 13.8 Å². The number of allylic oxidation sites excluding steroid dienone is 4. The summed E-state index contributed by atoms with van der Waals surface area (Å²) in [5.41, 5.74) is 2.57. The van der Waals surface area contributed by atoms with Gasteiger partial charge in [0.15, 0.2) is 13.6 Å². The molecule has 0 aromatic carbocycles. The van der Waals surface area contributed by atoms with Crippen LogP contribution in [0.3, 0.4) is 0 Å². The Morgan fingerprint density at radius 2 is 1.00 bits per heavy atom. The normalized spacial score (nSPS) is 7.89. The molecule has 0 rings (SSSR count). The van der Waals surface area contributed by atoms with Gasteiger partial charge in [0.2, 0.25) is 0 Å². The summed E-state index contributed by atoms with van der Waals surface area (Å²) in [5, 5.41) is 6.02. The van der Waals surface area contributed by atoms with Crippen molar-refractivity contribution in [3.63, 3.8) is 0 Å². The fourth-order valence-corrected chi connectivity index (χ4v) is 1.28. The Morgan fingerprint density at radius 1 is 0.676 bits per heavy atom. The van der Waals surface area contributed by atoms with E-state index in [4.69, 9.17) is 18.9 Å². The summed E-state index contributed by atoms with van der Waals surface area (Å²) < 4.78 is 19.5. The molecular formula is C29H58N2O6. The first kappa shape index (κ1) is 50.7. The van der Waals surface area contributed by atoms with Gasteiger partial charge in [-0.2, -0.15) is 0 Å². The minimum Gasteiger partial charge on any atom is -0.435 e. The Bertz CT molecular complexity index is 590. The molecule has 0 atom stereocenters. The van der Waals surface area contributed by atoms with E-state index in [0.717, 1.165) is 17.8 Å². The number of esters is 2. The lowest BCUT2D eigenvalue weighted by molar-refractivity contribution is -0.153. The van der Waals surface area contributed by atoms with Gasteiger partial charge in [-0.05, 0) is 40.5 Å². The van der Waals surface area contributed by atoms with Gasteiger partial charge in [-0.3, -0.25) is 0 Å². The molecule has 8 nitrogen and oxygen atoms in total. The Hall–Kier alpha value is -3.10. The van der Waals surface area contributed by atoms with Gasteiger partial charge >= 0.3 is 11.9 Å². The molecule has 0 saturated carbocycles. The summed E-state index contributed by atoms with van der Waals surface area (Å²) in [5.74, 6) is -0.967. The number of carbonyl (C=O) groups is 2. The largest absolute Gasteiger partial charge is 0.435 e. The molecular weight excluding hydrogens is 472 g/mol. The summed E-state index contributed by atoms with van der Waals surface area (Å²) >= 11 is 0. The van der Waals surface area contributed by atoms with Crippen molar-refractivity contribution in [1.82, 2.24) is 10.6 Å². The molecule has 0 unspecified atom stereocenters. The first-order valence-electron chi connectivity index (χ1n) is 10.3. The molecule has 0 aromatic heterocycles. The Labute approximate surface area is 229 Å². The van der Waals surface area contributed by atoms with Crippen molar-refractivity contribution < 1.29 is 28.5 Å². The van der Waals surface area contributed by atoms with Crippen LogP contribution in [-0.2, 0) is 28.5 Å². The van der Waals surface area contributed by atoms with Crippen molar-refractivity contribution in [3.8, 4) is 0 Å². The topological polar surface area (TPSA) is 95.1 Å². The number of hydrogen-bond donors (Lipinski definition) is 2. The van der Waals surface area contributed by atoms with Crippen LogP contribution in [0, 0.1) is 0 Å². The maximum atomic E-state index is 11.0. The third kappa shape index (κ3) is 50.7. The Balaban J connectivity index is -0.0000000846. The highest BCUT2D eigenvalue weighted by molar-refractivity contribution is 5.87. The van der Waals surface area contributed by atoms with Crippen LogP contribution < -0.4 is 10.6 Å². The molecule has 0 saturated heterocycles. The predicted octanol–water partition coefficient (Wildman–Crippen LogP) is 7.05. The van der Waals surface area contributed by atoms with E-state index in [1.165, 1.54) is 0 Å². The smallest absolute Gasteiger partial charge is 0.335 e. The maximum Gasteiger partial charge on any atom is 0.335 e. The molecule has 0 aliphatic heterocycles. The van der Waals surface area contributed by atoms with Gasteiger partial charge in [0.25, 0.3) is 0 Å². The van der Waals surface area contributed by atoms with Gasteiger partial charge in [-0.15, -0.1) is 13.2 Å². The minimum absolute atomic E-state index is 0. The number of hydrogen-bond acceptors (Lipinski definition) is 8. The van der Waals surface area contributed by atoms with Gasteiger partial charge in [0, 0.05) is 22.5 Å². The van der Waals surface area contributed by atoms with Crippen LogP contribution in [-0.4, -0.2) is 45.4 Å². The Kier molecular flexibility index (Phi) is 51.3. The SMILES string of the molecule is C.C.C.C.C=C(C)C(=O)OCOCCCOCOC(=O)C(=C)C.C=C(C)NCNC(=C)C.C=CCC=C. The van der Waals surface area contributed by atoms with Crippen molar-refractivity contribution in [1.29, 1.82) is 0 Å². The summed E-state index contributed by atoms with van der Waals surface area (Å²) in [6.07, 6.45) is 5.13. The molecule has 0 amide bonds. The van der Waals surface area contributed by atoms with E-state index in [-0.39, 0.29) is 43.3 Å². The van der Waals surface area contributed by atoms with Crippen molar-refractivity contribution >= 4 is 11.9 Å². The lowest BCUT2D eigenvalue weighted by Crippen LogP contribution is -2.25. The van der Waals surface area contributed by atoms with E-state index in [9.17, 15) is 9.59 Å². The number of ether oxygens (including phenoxy) is 4. The summed E-state index contributed by atoms with van der Waals surface area (Å²) in [6.45, 7) is 29.3. The monoisotopic (exact) mass is 530 g/mol. The second-order valence-electron chi connectivity index (χ2n) is 6.73. The lowest BCUT2D eigenvalue weighted by atomic mass is 10.4. The predicted molar refractivity (Wildman–Crippen MR) is 161 cm³/mol. The molecule has 0 aliphatic carbocycles. The first-order chi connectivity index (χ1) is 15.5. The third-order valence-corrected chi connectivity index (χ3v) is 2.93. The molecule has 37 heavy (non-hydrogen) atoms. The van der Waals surface area contributed by atoms with Gasteiger partial charge in [-0.25, -0.2) is 9.59 Å². The zero-order valence-electron chi connectivity index (χ0n) is 20.8. The highest BCUT2D eigenvalue weighted by Gasteiger charge is 2.03. The van der Waals surface area contributed by atoms with Crippen molar-refractivity contribution in [2.45, 2.75) is 70.2 Å². The van der Waals surface area contributed by atoms with E-state index in [0.29, 0.717) is 37.4 Å². The fourth-order valence-electron chi connectivity index (χ4n) is 1.28. The van der Waals surface area contributed by atoms with E-state index in [1.807, 2.05) is 26.0 Å². The summed E-state index contributed by atoms with van der Waals surface area (Å²) in [6, 6.07) is 0. The van der Waals surface area contributed by atoms with Crippen molar-refractivity contribution in [2.75, 3.05) is 33.5 Å². The first-order valence-corrected chi connectivity index (χ1v) is 10.3. The molecule has 0 fully saturated rings. The average molecular weight is 531 g/mol. The second-order valence-corrected chi connectivity index (χ2v) is 6.73. The standard InChI is InChI=1S/C13H20O6.C7H14N2.C5H8.4CH4/c1-10(2)12(14)18-8-16-6-5-7-17-9-19-13(15)11(3)4;1-6(2)8-5-9-7(3)4;1-3-5-4-2;;;;/h1,3,5-9H2,2,4H3;8-9H,1,3,5H2,2,4H3;3-4H,1-2,5H2;4*1H4. The van der Waals surface area contributed by atoms with Gasteiger partial charge in [0.1, 0.15) is 0 Å². The molecule has 0 radical (unpaired) electrons. The lowest BCUT2D eigenvalue weighted by Gasteiger charge is -2.07. The summed E-state index contributed by atoms with van der Waals surface area (Å²) in [4.78, 5) is 21.9. The molecule has 2 N–H and O–H groups in total.